The molecule has 104 valence electrons. The number of hydrogen-bond acceptors (Lipinski definition) is 2. The van der Waals surface area contributed by atoms with E-state index in [4.69, 9.17) is 5.11 Å². The monoisotopic (exact) mass is 325 g/mol. The van der Waals surface area contributed by atoms with Gasteiger partial charge in [0, 0.05) is 23.0 Å². The summed E-state index contributed by atoms with van der Waals surface area (Å²) in [6, 6.07) is 8.18. The SMILES string of the molecule is CC(C)(CNCC1(C(=O)O)CC1)c1ccccc1Br. The summed E-state index contributed by atoms with van der Waals surface area (Å²) in [7, 11) is 0. The molecular weight excluding hydrogens is 306 g/mol. The Morgan fingerprint density at radius 1 is 1.42 bits per heavy atom. The molecule has 1 aromatic rings. The third kappa shape index (κ3) is 3.18. The van der Waals surface area contributed by atoms with Crippen LogP contribution in [0.2, 0.25) is 0 Å². The van der Waals surface area contributed by atoms with E-state index in [9.17, 15) is 4.79 Å². The van der Waals surface area contributed by atoms with E-state index in [0.717, 1.165) is 23.9 Å². The molecule has 0 aromatic heterocycles. The Bertz CT molecular complexity index is 481. The summed E-state index contributed by atoms with van der Waals surface area (Å²) in [6.07, 6.45) is 1.59. The summed E-state index contributed by atoms with van der Waals surface area (Å²) in [6.45, 7) is 5.67. The Morgan fingerprint density at radius 3 is 2.58 bits per heavy atom. The van der Waals surface area contributed by atoms with Gasteiger partial charge in [-0.3, -0.25) is 4.79 Å². The first-order valence-corrected chi connectivity index (χ1v) is 7.36. The van der Waals surface area contributed by atoms with Crippen LogP contribution >= 0.6 is 15.9 Å². The Labute approximate surface area is 122 Å². The standard InChI is InChI=1S/C15H20BrNO2/c1-14(2,11-5-3-4-6-12(11)16)9-17-10-15(7-8-15)13(18)19/h3-6,17H,7-10H2,1-2H3,(H,18,19). The molecule has 0 bridgehead atoms. The van der Waals surface area contributed by atoms with Gasteiger partial charge >= 0.3 is 5.97 Å². The lowest BCUT2D eigenvalue weighted by Gasteiger charge is -2.27. The Hall–Kier alpha value is -0.870. The molecule has 0 radical (unpaired) electrons. The molecule has 0 unspecified atom stereocenters. The Balaban J connectivity index is 1.95. The van der Waals surface area contributed by atoms with Crippen molar-refractivity contribution in [1.29, 1.82) is 0 Å². The highest BCUT2D eigenvalue weighted by atomic mass is 79.9. The van der Waals surface area contributed by atoms with Crippen molar-refractivity contribution in [2.75, 3.05) is 13.1 Å². The summed E-state index contributed by atoms with van der Waals surface area (Å²) in [4.78, 5) is 11.1. The minimum absolute atomic E-state index is 0.0331. The number of nitrogens with one attached hydrogen (secondary N) is 1. The topological polar surface area (TPSA) is 49.3 Å². The van der Waals surface area contributed by atoms with Crippen LogP contribution in [0.25, 0.3) is 0 Å². The second kappa shape index (κ2) is 5.25. The number of halogens is 1. The van der Waals surface area contributed by atoms with Crippen molar-refractivity contribution in [2.45, 2.75) is 32.1 Å². The smallest absolute Gasteiger partial charge is 0.310 e. The van der Waals surface area contributed by atoms with Gasteiger partial charge in [-0.25, -0.2) is 0 Å². The predicted octanol–water partition coefficient (Wildman–Crippen LogP) is 3.18. The maximum absolute atomic E-state index is 11.1. The van der Waals surface area contributed by atoms with Crippen molar-refractivity contribution in [2.24, 2.45) is 5.41 Å². The van der Waals surface area contributed by atoms with Gasteiger partial charge in [-0.1, -0.05) is 48.0 Å². The zero-order valence-corrected chi connectivity index (χ0v) is 13.0. The molecule has 0 amide bonds. The van der Waals surface area contributed by atoms with E-state index in [1.807, 2.05) is 18.2 Å². The van der Waals surface area contributed by atoms with E-state index in [2.05, 4.69) is 41.2 Å². The number of rotatable bonds is 6. The zero-order valence-electron chi connectivity index (χ0n) is 11.4. The van der Waals surface area contributed by atoms with Crippen molar-refractivity contribution in [3.63, 3.8) is 0 Å². The third-order valence-corrected chi connectivity index (χ3v) is 4.63. The molecule has 1 aliphatic rings. The first-order chi connectivity index (χ1) is 8.87. The maximum atomic E-state index is 11.1. The number of carboxylic acids is 1. The van der Waals surface area contributed by atoms with Crippen molar-refractivity contribution < 1.29 is 9.90 Å². The molecule has 1 aromatic carbocycles. The molecule has 0 atom stereocenters. The summed E-state index contributed by atoms with van der Waals surface area (Å²) >= 11 is 3.58. The van der Waals surface area contributed by atoms with Crippen LogP contribution in [0.1, 0.15) is 32.3 Å². The number of hydrogen-bond donors (Lipinski definition) is 2. The van der Waals surface area contributed by atoms with E-state index in [-0.39, 0.29) is 5.41 Å². The molecule has 4 heteroatoms. The predicted molar refractivity (Wildman–Crippen MR) is 79.3 cm³/mol. The van der Waals surface area contributed by atoms with Crippen molar-refractivity contribution in [3.8, 4) is 0 Å². The van der Waals surface area contributed by atoms with Crippen LogP contribution in [0.3, 0.4) is 0 Å². The van der Waals surface area contributed by atoms with E-state index in [0.29, 0.717) is 6.54 Å². The normalized spacial score (nSPS) is 17.2. The van der Waals surface area contributed by atoms with E-state index in [1.54, 1.807) is 0 Å². The third-order valence-electron chi connectivity index (χ3n) is 3.94. The van der Waals surface area contributed by atoms with Gasteiger partial charge in [0.2, 0.25) is 0 Å². The van der Waals surface area contributed by atoms with Crippen LogP contribution in [-0.2, 0) is 10.2 Å². The van der Waals surface area contributed by atoms with Crippen LogP contribution < -0.4 is 5.32 Å². The van der Waals surface area contributed by atoms with Crippen molar-refractivity contribution >= 4 is 21.9 Å². The summed E-state index contributed by atoms with van der Waals surface area (Å²) in [5.41, 5.74) is 0.709. The van der Waals surface area contributed by atoms with Gasteiger partial charge in [0.25, 0.3) is 0 Å². The molecule has 0 saturated heterocycles. The van der Waals surface area contributed by atoms with E-state index in [1.165, 1.54) is 5.56 Å². The van der Waals surface area contributed by atoms with E-state index >= 15 is 0 Å². The molecule has 0 aliphatic heterocycles. The molecular formula is C15H20BrNO2. The van der Waals surface area contributed by atoms with Gasteiger partial charge in [-0.2, -0.15) is 0 Å². The number of carbonyl (C=O) groups is 1. The van der Waals surface area contributed by atoms with Crippen molar-refractivity contribution in [1.82, 2.24) is 5.32 Å². The molecule has 2 rings (SSSR count). The summed E-state index contributed by atoms with van der Waals surface area (Å²) < 4.78 is 1.10. The molecule has 1 aliphatic carbocycles. The quantitative estimate of drug-likeness (QED) is 0.844. The second-order valence-corrected chi connectivity index (χ2v) is 6.91. The second-order valence-electron chi connectivity index (χ2n) is 6.05. The highest BCUT2D eigenvalue weighted by molar-refractivity contribution is 9.10. The van der Waals surface area contributed by atoms with Gasteiger partial charge in [0.1, 0.15) is 0 Å². The fourth-order valence-electron chi connectivity index (χ4n) is 2.34. The van der Waals surface area contributed by atoms with Crippen LogP contribution in [0.4, 0.5) is 0 Å². The van der Waals surface area contributed by atoms with Crippen LogP contribution in [0.5, 0.6) is 0 Å². The maximum Gasteiger partial charge on any atom is 0.310 e. The largest absolute Gasteiger partial charge is 0.481 e. The first-order valence-electron chi connectivity index (χ1n) is 6.57. The molecule has 0 spiro atoms. The van der Waals surface area contributed by atoms with Crippen LogP contribution in [0.15, 0.2) is 28.7 Å². The molecule has 2 N–H and O–H groups in total. The Kier molecular flexibility index (Phi) is 4.02. The number of carboxylic acid groups (broad SMARTS) is 1. The fourth-order valence-corrected chi connectivity index (χ4v) is 3.16. The van der Waals surface area contributed by atoms with Gasteiger partial charge in [0.15, 0.2) is 0 Å². The van der Waals surface area contributed by atoms with Gasteiger partial charge in [-0.05, 0) is 24.5 Å². The zero-order chi connectivity index (χ0) is 14.1. The molecule has 19 heavy (non-hydrogen) atoms. The van der Waals surface area contributed by atoms with E-state index < -0.39 is 11.4 Å². The average Bonchev–Trinajstić information content (AvgIpc) is 3.10. The minimum Gasteiger partial charge on any atom is -0.481 e. The number of aliphatic carboxylic acids is 1. The van der Waals surface area contributed by atoms with Gasteiger partial charge in [-0.15, -0.1) is 0 Å². The van der Waals surface area contributed by atoms with Crippen molar-refractivity contribution in [3.05, 3.63) is 34.3 Å². The Morgan fingerprint density at radius 2 is 2.05 bits per heavy atom. The molecule has 0 heterocycles. The molecule has 3 nitrogen and oxygen atoms in total. The lowest BCUT2D eigenvalue weighted by Crippen LogP contribution is -2.38. The average molecular weight is 326 g/mol. The summed E-state index contributed by atoms with van der Waals surface area (Å²) in [5.74, 6) is -0.668. The fraction of sp³-hybridized carbons (Fsp3) is 0.533. The first kappa shape index (κ1) is 14.5. The lowest BCUT2D eigenvalue weighted by atomic mass is 9.84. The molecule has 1 fully saturated rings. The van der Waals surface area contributed by atoms with Gasteiger partial charge in [0.05, 0.1) is 5.41 Å². The van der Waals surface area contributed by atoms with Gasteiger partial charge < -0.3 is 10.4 Å². The number of benzene rings is 1. The summed E-state index contributed by atoms with van der Waals surface area (Å²) in [5, 5.41) is 12.5. The van der Waals surface area contributed by atoms with Crippen LogP contribution in [0, 0.1) is 5.41 Å². The highest BCUT2D eigenvalue weighted by Gasteiger charge is 2.49. The van der Waals surface area contributed by atoms with Crippen LogP contribution in [-0.4, -0.2) is 24.2 Å². The highest BCUT2D eigenvalue weighted by Crippen LogP contribution is 2.45. The lowest BCUT2D eigenvalue weighted by molar-refractivity contribution is -0.143. The molecule has 1 saturated carbocycles. The minimum atomic E-state index is -0.668.